The predicted molar refractivity (Wildman–Crippen MR) is 25.5 cm³/mol. The van der Waals surface area contributed by atoms with Crippen molar-refractivity contribution in [3.05, 3.63) is 0 Å². The molecule has 0 heterocycles. The fourth-order valence-corrected chi connectivity index (χ4v) is 0.312. The molecule has 0 saturated heterocycles. The Bertz CT molecular complexity index is 118. The molecule has 0 N–H and O–H groups in total. The Morgan fingerprint density at radius 1 is 1.71 bits per heavy atom. The van der Waals surface area contributed by atoms with Crippen LogP contribution in [0, 0.1) is 11.8 Å². The third kappa shape index (κ3) is 3.76. The molecule has 0 bridgehead atoms. The molecule has 7 heavy (non-hydrogen) atoms. The van der Waals surface area contributed by atoms with Crippen molar-refractivity contribution in [1.82, 2.24) is 0 Å². The molecule has 0 aromatic carbocycles. The Morgan fingerprint density at radius 2 is 2.29 bits per heavy atom. The fraction of sp³-hybridized carbons (Fsp3) is 0.400. The summed E-state index contributed by atoms with van der Waals surface area (Å²) in [5.41, 5.74) is 0. The minimum absolute atomic E-state index is 0.641. The topological polar surface area (TPSA) is 9.23 Å². The van der Waals surface area contributed by atoms with Crippen molar-refractivity contribution >= 4 is 4.57 Å². The second-order valence-corrected chi connectivity index (χ2v) is 1.45. The zero-order valence-corrected chi connectivity index (χ0v) is 5.59. The third-order valence-electron chi connectivity index (χ3n) is 0.412. The summed E-state index contributed by atoms with van der Waals surface area (Å²) in [5, 5.41) is 0. The summed E-state index contributed by atoms with van der Waals surface area (Å²) in [5.74, 6) is 5.36. The molecule has 1 nitrogen and oxygen atoms in total. The van der Waals surface area contributed by atoms with Crippen molar-refractivity contribution in [3.8, 4) is 11.8 Å². The van der Waals surface area contributed by atoms with Crippen LogP contribution in [0.15, 0.2) is 0 Å². The summed E-state index contributed by atoms with van der Waals surface area (Å²) in [7, 11) is 1.58. The molecule has 0 unspecified atom stereocenters. The first-order valence-corrected chi connectivity index (χ1v) is 2.45. The zero-order chi connectivity index (χ0) is 5.70. The Labute approximate surface area is 51.6 Å². The summed E-state index contributed by atoms with van der Waals surface area (Å²) < 4.78 is 5.32. The molecule has 0 rings (SSSR count). The van der Waals surface area contributed by atoms with E-state index in [-0.39, 0.29) is 0 Å². The van der Waals surface area contributed by atoms with Gasteiger partial charge in [-0.2, -0.15) is 0 Å². The van der Waals surface area contributed by atoms with Crippen LogP contribution in [-0.2, 0) is 20.6 Å². The van der Waals surface area contributed by atoms with Crippen LogP contribution in [0.5, 0.6) is 0 Å². The molecule has 2 heteroatoms. The van der Waals surface area contributed by atoms with Crippen molar-refractivity contribution in [1.29, 1.82) is 0 Å². The van der Waals surface area contributed by atoms with E-state index in [1.165, 1.54) is 0 Å². The molecule has 0 aromatic rings. The first-order valence-electron chi connectivity index (χ1n) is 1.82. The number of ether oxygens (including phenoxy) is 1. The molecule has 0 amide bonds. The third-order valence-corrected chi connectivity index (χ3v) is 0.832. The molecule has 0 fully saturated rings. The molecule has 0 atom stereocenters. The van der Waals surface area contributed by atoms with Gasteiger partial charge in [0.2, 0.25) is 0 Å². The predicted octanol–water partition coefficient (Wildman–Crippen LogP) is 0.333. The Balaban J connectivity index is 3.52. The van der Waals surface area contributed by atoms with E-state index in [2.05, 4.69) is 32.4 Å². The Hall–Kier alpha value is -0.0775. The van der Waals surface area contributed by atoms with Gasteiger partial charge in [0.25, 0.3) is 0 Å². The average Bonchev–Trinajstić information content (AvgIpc) is 1.68. The van der Waals surface area contributed by atoms with Gasteiger partial charge in [0, 0.05) is 0 Å². The summed E-state index contributed by atoms with van der Waals surface area (Å²) in [6.07, 6.45) is 0. The van der Waals surface area contributed by atoms with Gasteiger partial charge in [-0.3, -0.25) is 0 Å². The summed E-state index contributed by atoms with van der Waals surface area (Å²) in [4.78, 5) is 0. The second kappa shape index (κ2) is 4.09. The Kier molecular flexibility index (Phi) is 4.05. The SMILES string of the molecule is CC#C[C](=[Cr])OC. The number of methoxy groups -OCH3 is 1. The van der Waals surface area contributed by atoms with E-state index in [1.54, 1.807) is 14.0 Å². The van der Waals surface area contributed by atoms with Gasteiger partial charge in [0.05, 0.1) is 0 Å². The maximum absolute atomic E-state index is 4.68. The normalized spacial score (nSPS) is 6.57. The van der Waals surface area contributed by atoms with Crippen molar-refractivity contribution in [2.75, 3.05) is 7.11 Å². The van der Waals surface area contributed by atoms with Crippen LogP contribution in [0.4, 0.5) is 0 Å². The van der Waals surface area contributed by atoms with Crippen molar-refractivity contribution in [2.24, 2.45) is 0 Å². The van der Waals surface area contributed by atoms with Gasteiger partial charge >= 0.3 is 51.0 Å². The van der Waals surface area contributed by atoms with Crippen molar-refractivity contribution < 1.29 is 20.6 Å². The summed E-state index contributed by atoms with van der Waals surface area (Å²) in [6, 6.07) is 0. The monoisotopic (exact) mass is 134 g/mol. The number of rotatable bonds is 1. The van der Waals surface area contributed by atoms with Crippen LogP contribution < -0.4 is 0 Å². The van der Waals surface area contributed by atoms with E-state index in [1.807, 2.05) is 0 Å². The number of hydrogen-bond donors (Lipinski definition) is 0. The molecule has 0 radical (unpaired) electrons. The molecule has 38 valence electrons. The quantitative estimate of drug-likeness (QED) is 0.469. The fourth-order valence-electron chi connectivity index (χ4n) is 0.153. The molecule has 0 spiro atoms. The van der Waals surface area contributed by atoms with Gasteiger partial charge in [-0.05, 0) is 0 Å². The van der Waals surface area contributed by atoms with E-state index >= 15 is 0 Å². The van der Waals surface area contributed by atoms with Crippen LogP contribution in [0.2, 0.25) is 0 Å². The van der Waals surface area contributed by atoms with E-state index in [0.29, 0.717) is 4.57 Å². The van der Waals surface area contributed by atoms with Gasteiger partial charge in [0.15, 0.2) is 0 Å². The second-order valence-electron chi connectivity index (χ2n) is 0.867. The zero-order valence-electron chi connectivity index (χ0n) is 4.32. The average molecular weight is 134 g/mol. The molecule has 0 saturated carbocycles. The van der Waals surface area contributed by atoms with E-state index in [0.717, 1.165) is 0 Å². The van der Waals surface area contributed by atoms with Crippen molar-refractivity contribution in [3.63, 3.8) is 0 Å². The van der Waals surface area contributed by atoms with Crippen LogP contribution in [0.3, 0.4) is 0 Å². The van der Waals surface area contributed by atoms with Gasteiger partial charge in [-0.1, -0.05) is 0 Å². The van der Waals surface area contributed by atoms with E-state index in [9.17, 15) is 0 Å². The van der Waals surface area contributed by atoms with E-state index < -0.39 is 0 Å². The van der Waals surface area contributed by atoms with Crippen molar-refractivity contribution in [2.45, 2.75) is 6.92 Å². The summed E-state index contributed by atoms with van der Waals surface area (Å²) >= 11 is 2.65. The molecule has 0 aliphatic heterocycles. The Morgan fingerprint density at radius 3 is 2.43 bits per heavy atom. The first kappa shape index (κ1) is 6.92. The van der Waals surface area contributed by atoms with Crippen LogP contribution in [0.25, 0.3) is 0 Å². The standard InChI is InChI=1S/C5H6O.Cr/c1-3-4-5-6-2;/h1-2H3;. The maximum atomic E-state index is 4.68. The molecular formula is C5H6CrO. The summed E-state index contributed by atoms with van der Waals surface area (Å²) in [6.45, 7) is 1.76. The van der Waals surface area contributed by atoms with Crippen LogP contribution in [-0.4, -0.2) is 11.7 Å². The first-order chi connectivity index (χ1) is 3.31. The molecule has 0 aliphatic carbocycles. The van der Waals surface area contributed by atoms with Gasteiger partial charge in [0.1, 0.15) is 0 Å². The van der Waals surface area contributed by atoms with Gasteiger partial charge in [-0.25, -0.2) is 0 Å². The van der Waals surface area contributed by atoms with Gasteiger partial charge in [-0.15, -0.1) is 0 Å². The van der Waals surface area contributed by atoms with Crippen LogP contribution in [0.1, 0.15) is 6.92 Å². The van der Waals surface area contributed by atoms with Gasteiger partial charge < -0.3 is 0 Å². The number of hydrogen-bond acceptors (Lipinski definition) is 1. The van der Waals surface area contributed by atoms with E-state index in [4.69, 9.17) is 0 Å². The minimum atomic E-state index is 0.641. The van der Waals surface area contributed by atoms with Crippen LogP contribution >= 0.6 is 0 Å². The molecule has 0 aromatic heterocycles. The molecular weight excluding hydrogens is 128 g/mol. The molecule has 0 aliphatic rings.